The molecule has 0 spiro atoms. The molecule has 0 amide bonds. The van der Waals surface area contributed by atoms with Gasteiger partial charge in [0.15, 0.2) is 27.1 Å². The van der Waals surface area contributed by atoms with Crippen molar-refractivity contribution in [3.8, 4) is 0 Å². The number of hydrogen-bond donors (Lipinski definition) is 2. The SMILES string of the molecule is CC(N)C(C)C(=O)SCOCCOP(N(C(C)C)C(C)C)N(C(C)C)C(C)CNCC(C)(C)C(=O)SCOCCOP(N(C(C)C)C(C)C)N(C(C)C)C(C)C. The third-order valence-corrected chi connectivity index (χ3v) is 17.2. The highest BCUT2D eigenvalue weighted by atomic mass is 32.2. The maximum Gasteiger partial charge on any atom is 0.198 e. The number of carbonyl (C=O) groups is 2. The fraction of sp³-hybridized carbons (Fsp3) is 0.950. The zero-order valence-corrected chi connectivity index (χ0v) is 42.4. The minimum absolute atomic E-state index is 0.0451. The summed E-state index contributed by atoms with van der Waals surface area (Å²) in [4.78, 5) is 25.7. The van der Waals surface area contributed by atoms with Crippen LogP contribution in [0.4, 0.5) is 0 Å². The zero-order chi connectivity index (χ0) is 43.5. The summed E-state index contributed by atoms with van der Waals surface area (Å²) in [5.41, 5.74) is 5.31. The molecule has 0 aromatic rings. The third-order valence-electron chi connectivity index (χ3n) is 9.09. The van der Waals surface area contributed by atoms with Crippen molar-refractivity contribution in [3.05, 3.63) is 0 Å². The van der Waals surface area contributed by atoms with E-state index < -0.39 is 22.3 Å². The van der Waals surface area contributed by atoms with Crippen LogP contribution in [0.2, 0.25) is 0 Å². The van der Waals surface area contributed by atoms with Gasteiger partial charge in [0.1, 0.15) is 0 Å². The Morgan fingerprint density at radius 3 is 1.30 bits per heavy atom. The van der Waals surface area contributed by atoms with E-state index in [9.17, 15) is 9.59 Å². The second-order valence-corrected chi connectivity index (χ2v) is 22.5. The highest BCUT2D eigenvalue weighted by molar-refractivity contribution is 8.13. The Morgan fingerprint density at radius 2 is 0.946 bits per heavy atom. The van der Waals surface area contributed by atoms with Crippen LogP contribution in [0.15, 0.2) is 0 Å². The van der Waals surface area contributed by atoms with Gasteiger partial charge in [-0.3, -0.25) is 9.59 Å². The summed E-state index contributed by atoms with van der Waals surface area (Å²) in [6, 6.07) is 2.10. The summed E-state index contributed by atoms with van der Waals surface area (Å²) in [7, 11) is -2.11. The lowest BCUT2D eigenvalue weighted by atomic mass is 9.95. The maximum absolute atomic E-state index is 13.4. The highest BCUT2D eigenvalue weighted by Crippen LogP contribution is 2.51. The van der Waals surface area contributed by atoms with E-state index in [0.717, 1.165) is 0 Å². The minimum Gasteiger partial charge on any atom is -0.368 e. The molecule has 4 unspecified atom stereocenters. The first-order valence-electron chi connectivity index (χ1n) is 20.8. The molecule has 3 N–H and O–H groups in total. The Bertz CT molecular complexity index is 1030. The monoisotopic (exact) mass is 873 g/mol. The zero-order valence-electron chi connectivity index (χ0n) is 39.0. The predicted molar refractivity (Wildman–Crippen MR) is 245 cm³/mol. The average Bonchev–Trinajstić information content (AvgIpc) is 3.05. The van der Waals surface area contributed by atoms with Crippen LogP contribution in [0.1, 0.15) is 132 Å². The predicted octanol–water partition coefficient (Wildman–Crippen LogP) is 9.00. The van der Waals surface area contributed by atoms with E-state index in [1.165, 1.54) is 23.5 Å². The van der Waals surface area contributed by atoms with Crippen molar-refractivity contribution in [3.63, 3.8) is 0 Å². The first-order valence-corrected chi connectivity index (χ1v) is 25.1. The Labute approximate surface area is 355 Å². The molecule has 16 heteroatoms. The molecule has 0 bridgehead atoms. The van der Waals surface area contributed by atoms with Gasteiger partial charge < -0.3 is 29.6 Å². The van der Waals surface area contributed by atoms with Crippen LogP contribution in [0.25, 0.3) is 0 Å². The standard InChI is InChI=1S/C40H86N6O6P2S2/c1-28(2)43(29(3)4)53(44(30(5)6)31(7)8)51-22-21-50-27-56-39(48)40(18,19)25-42-24-35(15)46(34(13)14)54(45(32(9)10)33(11)12)52-23-20-49-26-55-38(47)36(16)37(17)41/h28-37,42H,20-27,41H2,1-19H3. The third kappa shape index (κ3) is 20.4. The van der Waals surface area contributed by atoms with Crippen molar-refractivity contribution in [1.29, 1.82) is 0 Å². The smallest absolute Gasteiger partial charge is 0.198 e. The van der Waals surface area contributed by atoms with E-state index in [-0.39, 0.29) is 52.3 Å². The Kier molecular flexibility index (Phi) is 29.2. The van der Waals surface area contributed by atoms with Gasteiger partial charge in [-0.05, 0) is 111 Å². The van der Waals surface area contributed by atoms with Crippen LogP contribution < -0.4 is 11.1 Å². The molecule has 0 heterocycles. The van der Waals surface area contributed by atoms with E-state index in [1.54, 1.807) is 0 Å². The molecular formula is C40H86N6O6P2S2. The number of nitrogens with one attached hydrogen (secondary N) is 1. The Hall–Kier alpha value is 0.500. The van der Waals surface area contributed by atoms with Crippen LogP contribution in [0, 0.1) is 11.3 Å². The van der Waals surface area contributed by atoms with E-state index in [2.05, 4.69) is 128 Å². The van der Waals surface area contributed by atoms with Crippen LogP contribution in [0.3, 0.4) is 0 Å². The van der Waals surface area contributed by atoms with Crippen molar-refractivity contribution >= 4 is 50.7 Å². The van der Waals surface area contributed by atoms with Crippen molar-refractivity contribution in [1.82, 2.24) is 24.0 Å². The van der Waals surface area contributed by atoms with Crippen LogP contribution in [0.5, 0.6) is 0 Å². The number of rotatable bonds is 31. The molecule has 0 radical (unpaired) electrons. The molecule has 12 nitrogen and oxygen atoms in total. The topological polar surface area (TPSA) is 122 Å². The second kappa shape index (κ2) is 28.9. The fourth-order valence-electron chi connectivity index (χ4n) is 6.32. The second-order valence-electron chi connectivity index (χ2n) is 17.3. The number of ether oxygens (including phenoxy) is 2. The van der Waals surface area contributed by atoms with E-state index >= 15 is 0 Å². The largest absolute Gasteiger partial charge is 0.368 e. The summed E-state index contributed by atoms with van der Waals surface area (Å²) >= 11 is 2.40. The molecule has 0 aliphatic carbocycles. The van der Waals surface area contributed by atoms with Gasteiger partial charge in [0.05, 0.1) is 38.3 Å². The van der Waals surface area contributed by atoms with E-state index in [0.29, 0.717) is 69.6 Å². The van der Waals surface area contributed by atoms with Crippen LogP contribution >= 0.6 is 40.4 Å². The molecular weight excluding hydrogens is 787 g/mol. The fourth-order valence-corrected chi connectivity index (χ4v) is 12.6. The number of nitrogens with zero attached hydrogens (tertiary/aromatic N) is 4. The Balaban J connectivity index is 5.29. The average molecular weight is 873 g/mol. The first-order chi connectivity index (χ1) is 25.9. The summed E-state index contributed by atoms with van der Waals surface area (Å²) < 4.78 is 34.8. The van der Waals surface area contributed by atoms with Crippen molar-refractivity contribution < 1.29 is 28.1 Å². The highest BCUT2D eigenvalue weighted by Gasteiger charge is 2.37. The molecule has 0 rings (SSSR count). The molecule has 0 aliphatic rings. The lowest BCUT2D eigenvalue weighted by Gasteiger charge is -2.46. The molecule has 0 saturated heterocycles. The lowest BCUT2D eigenvalue weighted by Crippen LogP contribution is -2.48. The van der Waals surface area contributed by atoms with Crippen molar-refractivity contribution in [2.24, 2.45) is 17.1 Å². The Morgan fingerprint density at radius 1 is 0.589 bits per heavy atom. The molecule has 0 aromatic heterocycles. The van der Waals surface area contributed by atoms with Gasteiger partial charge in [0.2, 0.25) is 0 Å². The summed E-state index contributed by atoms with van der Waals surface area (Å²) in [6.07, 6.45) is 0. The van der Waals surface area contributed by atoms with Gasteiger partial charge in [0.25, 0.3) is 0 Å². The molecule has 0 saturated carbocycles. The lowest BCUT2D eigenvalue weighted by molar-refractivity contribution is -0.118. The normalized spacial score (nSPS) is 15.5. The van der Waals surface area contributed by atoms with Crippen molar-refractivity contribution in [2.75, 3.05) is 51.4 Å². The van der Waals surface area contributed by atoms with Gasteiger partial charge in [0, 0.05) is 78.8 Å². The van der Waals surface area contributed by atoms with Gasteiger partial charge >= 0.3 is 0 Å². The first kappa shape index (κ1) is 56.5. The minimum atomic E-state index is -1.14. The van der Waals surface area contributed by atoms with Gasteiger partial charge in [-0.2, -0.15) is 0 Å². The van der Waals surface area contributed by atoms with E-state index in [4.69, 9.17) is 24.3 Å². The van der Waals surface area contributed by atoms with Gasteiger partial charge in [-0.25, -0.2) is 18.7 Å². The molecule has 334 valence electrons. The van der Waals surface area contributed by atoms with Gasteiger partial charge in [-0.1, -0.05) is 44.3 Å². The summed E-state index contributed by atoms with van der Waals surface area (Å²) in [5, 5.41) is 3.75. The summed E-state index contributed by atoms with van der Waals surface area (Å²) in [5.74, 6) is 0.365. The number of thioether (sulfide) groups is 2. The number of nitrogens with two attached hydrogens (primary N) is 1. The van der Waals surface area contributed by atoms with E-state index in [1.807, 2.05) is 27.7 Å². The van der Waals surface area contributed by atoms with Crippen molar-refractivity contribution in [2.45, 2.75) is 186 Å². The van der Waals surface area contributed by atoms with Crippen LogP contribution in [-0.2, 0) is 28.1 Å². The molecule has 0 fully saturated rings. The maximum atomic E-state index is 13.4. The summed E-state index contributed by atoms with van der Waals surface area (Å²) in [6.45, 7) is 43.9. The number of hydrogen-bond acceptors (Lipinski definition) is 14. The molecule has 0 aromatic carbocycles. The quantitative estimate of drug-likeness (QED) is 0.0392. The number of carbonyl (C=O) groups excluding carboxylic acids is 2. The van der Waals surface area contributed by atoms with Crippen LogP contribution in [-0.4, -0.2) is 135 Å². The molecule has 4 atom stereocenters. The molecule has 56 heavy (non-hydrogen) atoms. The molecule has 0 aliphatic heterocycles. The van der Waals surface area contributed by atoms with Gasteiger partial charge in [-0.15, -0.1) is 0 Å².